The van der Waals surface area contributed by atoms with E-state index in [2.05, 4.69) is 0 Å². The molecule has 0 bridgehead atoms. The van der Waals surface area contributed by atoms with Gasteiger partial charge in [-0.3, -0.25) is 4.79 Å². The van der Waals surface area contributed by atoms with Crippen LogP contribution < -0.4 is 0 Å². The van der Waals surface area contributed by atoms with Crippen molar-refractivity contribution >= 4 is 15.9 Å². The molecule has 0 unspecified atom stereocenters. The van der Waals surface area contributed by atoms with E-state index in [1.54, 1.807) is 4.90 Å². The molecule has 0 N–H and O–H groups in total. The maximum absolute atomic E-state index is 13.4. The Bertz CT molecular complexity index is 936. The zero-order valence-electron chi connectivity index (χ0n) is 14.8. The molecule has 0 aromatic heterocycles. The highest BCUT2D eigenvalue weighted by atomic mass is 32.2. The number of sulfonamides is 1. The summed E-state index contributed by atoms with van der Waals surface area (Å²) >= 11 is 0. The Labute approximate surface area is 153 Å². The van der Waals surface area contributed by atoms with E-state index in [1.807, 2.05) is 32.0 Å². The van der Waals surface area contributed by atoms with Gasteiger partial charge < -0.3 is 4.90 Å². The molecule has 2 aromatic carbocycles. The number of rotatable bonds is 3. The summed E-state index contributed by atoms with van der Waals surface area (Å²) in [6, 6.07) is 10.6. The van der Waals surface area contributed by atoms with Gasteiger partial charge in [-0.25, -0.2) is 12.8 Å². The monoisotopic (exact) mass is 376 g/mol. The SMILES string of the molecule is Cc1ccc(C(=O)N2CCN(S(=O)(=O)c3cccc(F)c3)CC2)c(C)c1. The third-order valence-electron chi connectivity index (χ3n) is 4.57. The minimum Gasteiger partial charge on any atom is -0.336 e. The van der Waals surface area contributed by atoms with E-state index in [-0.39, 0.29) is 23.9 Å². The molecule has 1 aliphatic heterocycles. The van der Waals surface area contributed by atoms with Crippen LogP contribution in [-0.4, -0.2) is 49.7 Å². The van der Waals surface area contributed by atoms with E-state index in [0.717, 1.165) is 17.2 Å². The van der Waals surface area contributed by atoms with Crippen molar-refractivity contribution in [1.82, 2.24) is 9.21 Å². The minimum atomic E-state index is -3.76. The van der Waals surface area contributed by atoms with Gasteiger partial charge in [0.2, 0.25) is 10.0 Å². The van der Waals surface area contributed by atoms with Crippen LogP contribution in [0.1, 0.15) is 21.5 Å². The van der Waals surface area contributed by atoms with Crippen LogP contribution in [-0.2, 0) is 10.0 Å². The van der Waals surface area contributed by atoms with Gasteiger partial charge in [0.1, 0.15) is 5.82 Å². The molecule has 26 heavy (non-hydrogen) atoms. The van der Waals surface area contributed by atoms with Crippen LogP contribution in [0.2, 0.25) is 0 Å². The molecule has 5 nitrogen and oxygen atoms in total. The van der Waals surface area contributed by atoms with Crippen LogP contribution >= 0.6 is 0 Å². The van der Waals surface area contributed by atoms with Crippen molar-refractivity contribution in [2.75, 3.05) is 26.2 Å². The fourth-order valence-corrected chi connectivity index (χ4v) is 4.59. The average molecular weight is 376 g/mol. The molecular formula is C19H21FN2O3S. The van der Waals surface area contributed by atoms with Crippen LogP contribution in [0.3, 0.4) is 0 Å². The molecule has 138 valence electrons. The van der Waals surface area contributed by atoms with E-state index < -0.39 is 15.8 Å². The van der Waals surface area contributed by atoms with Crippen molar-refractivity contribution < 1.29 is 17.6 Å². The number of nitrogens with zero attached hydrogens (tertiary/aromatic N) is 2. The molecule has 1 amide bonds. The lowest BCUT2D eigenvalue weighted by atomic mass is 10.0. The molecule has 1 fully saturated rings. The highest BCUT2D eigenvalue weighted by molar-refractivity contribution is 7.89. The van der Waals surface area contributed by atoms with E-state index in [9.17, 15) is 17.6 Å². The highest BCUT2D eigenvalue weighted by Crippen LogP contribution is 2.20. The normalized spacial score (nSPS) is 15.9. The Morgan fingerprint density at radius 3 is 2.31 bits per heavy atom. The second-order valence-electron chi connectivity index (χ2n) is 6.47. The molecule has 0 radical (unpaired) electrons. The summed E-state index contributed by atoms with van der Waals surface area (Å²) in [5, 5.41) is 0. The molecule has 3 rings (SSSR count). The first-order valence-electron chi connectivity index (χ1n) is 8.41. The van der Waals surface area contributed by atoms with Gasteiger partial charge in [-0.05, 0) is 43.7 Å². The van der Waals surface area contributed by atoms with Gasteiger partial charge in [0.25, 0.3) is 5.91 Å². The predicted molar refractivity (Wildman–Crippen MR) is 97.0 cm³/mol. The van der Waals surface area contributed by atoms with Crippen molar-refractivity contribution in [3.63, 3.8) is 0 Å². The second kappa shape index (κ2) is 7.17. The largest absolute Gasteiger partial charge is 0.336 e. The van der Waals surface area contributed by atoms with Gasteiger partial charge >= 0.3 is 0 Å². The smallest absolute Gasteiger partial charge is 0.254 e. The zero-order chi connectivity index (χ0) is 18.9. The van der Waals surface area contributed by atoms with Gasteiger partial charge in [0.05, 0.1) is 4.90 Å². The Morgan fingerprint density at radius 2 is 1.69 bits per heavy atom. The lowest BCUT2D eigenvalue weighted by Crippen LogP contribution is -2.50. The zero-order valence-corrected chi connectivity index (χ0v) is 15.6. The molecule has 2 aromatic rings. The quantitative estimate of drug-likeness (QED) is 0.827. The van der Waals surface area contributed by atoms with Crippen LogP contribution in [0.15, 0.2) is 47.4 Å². The molecule has 0 saturated carbocycles. The molecule has 1 heterocycles. The van der Waals surface area contributed by atoms with Crippen molar-refractivity contribution in [1.29, 1.82) is 0 Å². The van der Waals surface area contributed by atoms with Crippen molar-refractivity contribution in [3.05, 3.63) is 65.0 Å². The third-order valence-corrected chi connectivity index (χ3v) is 6.47. The lowest BCUT2D eigenvalue weighted by Gasteiger charge is -2.34. The van der Waals surface area contributed by atoms with Gasteiger partial charge in [0, 0.05) is 31.7 Å². The lowest BCUT2D eigenvalue weighted by molar-refractivity contribution is 0.0697. The van der Waals surface area contributed by atoms with Gasteiger partial charge in [-0.2, -0.15) is 4.31 Å². The van der Waals surface area contributed by atoms with E-state index in [4.69, 9.17) is 0 Å². The fourth-order valence-electron chi connectivity index (χ4n) is 3.13. The van der Waals surface area contributed by atoms with Gasteiger partial charge in [0.15, 0.2) is 0 Å². The average Bonchev–Trinajstić information content (AvgIpc) is 2.61. The van der Waals surface area contributed by atoms with Crippen LogP contribution in [0.5, 0.6) is 0 Å². The summed E-state index contributed by atoms with van der Waals surface area (Å²) in [5.74, 6) is -0.681. The first kappa shape index (κ1) is 18.5. The maximum atomic E-state index is 13.4. The Kier molecular flexibility index (Phi) is 5.11. The first-order valence-corrected chi connectivity index (χ1v) is 9.85. The number of hydrogen-bond acceptors (Lipinski definition) is 3. The topological polar surface area (TPSA) is 57.7 Å². The van der Waals surface area contributed by atoms with Crippen molar-refractivity contribution in [2.24, 2.45) is 0 Å². The minimum absolute atomic E-state index is 0.0633. The molecule has 7 heteroatoms. The highest BCUT2D eigenvalue weighted by Gasteiger charge is 2.30. The molecular weight excluding hydrogens is 355 g/mol. The summed E-state index contributed by atoms with van der Waals surface area (Å²) in [7, 11) is -3.76. The number of piperazine rings is 1. The van der Waals surface area contributed by atoms with E-state index in [1.165, 1.54) is 22.5 Å². The third kappa shape index (κ3) is 3.64. The summed E-state index contributed by atoms with van der Waals surface area (Å²) in [6.45, 7) is 4.86. The standard InChI is InChI=1S/C19H21FN2O3S/c1-14-6-7-18(15(2)12-14)19(23)21-8-10-22(11-9-21)26(24,25)17-5-3-4-16(20)13-17/h3-7,12-13H,8-11H2,1-2H3. The van der Waals surface area contributed by atoms with Gasteiger partial charge in [-0.1, -0.05) is 23.8 Å². The van der Waals surface area contributed by atoms with Crippen molar-refractivity contribution in [3.8, 4) is 0 Å². The van der Waals surface area contributed by atoms with Crippen LogP contribution in [0.25, 0.3) is 0 Å². The summed E-state index contributed by atoms with van der Waals surface area (Å²) in [4.78, 5) is 14.3. The molecule has 0 atom stereocenters. The molecule has 0 aliphatic carbocycles. The molecule has 1 aliphatic rings. The van der Waals surface area contributed by atoms with Gasteiger partial charge in [-0.15, -0.1) is 0 Å². The van der Waals surface area contributed by atoms with Crippen molar-refractivity contribution in [2.45, 2.75) is 18.7 Å². The Morgan fingerprint density at radius 1 is 1.00 bits per heavy atom. The number of carbonyl (C=O) groups is 1. The van der Waals surface area contributed by atoms with Crippen LogP contribution in [0, 0.1) is 19.7 Å². The number of hydrogen-bond donors (Lipinski definition) is 0. The number of amides is 1. The second-order valence-corrected chi connectivity index (χ2v) is 8.41. The maximum Gasteiger partial charge on any atom is 0.254 e. The first-order chi connectivity index (χ1) is 12.3. The summed E-state index contributed by atoms with van der Waals surface area (Å²) in [6.07, 6.45) is 0. The number of aryl methyl sites for hydroxylation is 2. The number of carbonyl (C=O) groups excluding carboxylic acids is 1. The van der Waals surface area contributed by atoms with E-state index in [0.29, 0.717) is 18.7 Å². The Hall–Kier alpha value is -2.25. The van der Waals surface area contributed by atoms with Crippen LogP contribution in [0.4, 0.5) is 4.39 Å². The summed E-state index contributed by atoms with van der Waals surface area (Å²) in [5.41, 5.74) is 2.63. The molecule has 0 spiro atoms. The Balaban J connectivity index is 1.72. The van der Waals surface area contributed by atoms with E-state index >= 15 is 0 Å². The predicted octanol–water partition coefficient (Wildman–Crippen LogP) is 2.59. The number of benzene rings is 2. The number of halogens is 1. The summed E-state index contributed by atoms with van der Waals surface area (Å²) < 4.78 is 39.9. The molecule has 1 saturated heterocycles. The fraction of sp³-hybridized carbons (Fsp3) is 0.316.